The molecular formula is C11H12ClF3N2O. The summed E-state index contributed by atoms with van der Waals surface area (Å²) in [6.45, 7) is 0.356. The van der Waals surface area contributed by atoms with Crippen LogP contribution < -0.4 is 11.1 Å². The smallest absolute Gasteiger partial charge is 0.368 e. The molecule has 0 saturated heterocycles. The summed E-state index contributed by atoms with van der Waals surface area (Å²) in [5.74, 6) is -0.871. The van der Waals surface area contributed by atoms with Crippen molar-refractivity contribution in [3.05, 3.63) is 34.3 Å². The molecule has 100 valence electrons. The van der Waals surface area contributed by atoms with Gasteiger partial charge >= 0.3 is 6.18 Å². The van der Waals surface area contributed by atoms with Crippen molar-refractivity contribution in [1.29, 1.82) is 0 Å². The molecule has 0 heterocycles. The number of aryl methyl sites for hydroxylation is 1. The van der Waals surface area contributed by atoms with Gasteiger partial charge in [0.15, 0.2) is 0 Å². The van der Waals surface area contributed by atoms with Crippen LogP contribution in [0, 0.1) is 6.92 Å². The number of amides is 1. The van der Waals surface area contributed by atoms with E-state index in [2.05, 4.69) is 5.32 Å². The van der Waals surface area contributed by atoms with Gasteiger partial charge in [-0.3, -0.25) is 10.1 Å². The predicted octanol–water partition coefficient (Wildman–Crippen LogP) is 2.33. The van der Waals surface area contributed by atoms with Crippen molar-refractivity contribution in [1.82, 2.24) is 5.32 Å². The molecule has 1 atom stereocenters. The normalized spacial score (nSPS) is 13.4. The van der Waals surface area contributed by atoms with E-state index in [9.17, 15) is 18.0 Å². The Morgan fingerprint density at radius 3 is 2.56 bits per heavy atom. The molecule has 18 heavy (non-hydrogen) atoms. The molecule has 0 aliphatic heterocycles. The maximum absolute atomic E-state index is 12.1. The van der Waals surface area contributed by atoms with Gasteiger partial charge in [-0.05, 0) is 30.2 Å². The van der Waals surface area contributed by atoms with Crippen LogP contribution in [0.2, 0.25) is 5.02 Å². The summed E-state index contributed by atoms with van der Waals surface area (Å²) in [4.78, 5) is 11.2. The Labute approximate surface area is 107 Å². The van der Waals surface area contributed by atoms with E-state index in [4.69, 9.17) is 17.3 Å². The summed E-state index contributed by atoms with van der Waals surface area (Å²) in [6, 6.07) is 3.34. The Morgan fingerprint density at radius 2 is 2.11 bits per heavy atom. The van der Waals surface area contributed by atoms with Gasteiger partial charge in [0.2, 0.25) is 5.91 Å². The van der Waals surface area contributed by atoms with Crippen molar-refractivity contribution in [2.75, 3.05) is 6.54 Å². The summed E-state index contributed by atoms with van der Waals surface area (Å²) in [5, 5.41) is 2.53. The van der Waals surface area contributed by atoms with Gasteiger partial charge in [-0.1, -0.05) is 17.7 Å². The van der Waals surface area contributed by atoms with Crippen molar-refractivity contribution in [3.8, 4) is 0 Å². The Morgan fingerprint density at radius 1 is 1.50 bits per heavy atom. The minimum atomic E-state index is -4.41. The first-order chi connectivity index (χ1) is 8.20. The molecule has 0 aliphatic rings. The van der Waals surface area contributed by atoms with E-state index in [1.165, 1.54) is 12.1 Å². The molecule has 1 aromatic carbocycles. The van der Waals surface area contributed by atoms with Gasteiger partial charge in [0, 0.05) is 5.02 Å². The van der Waals surface area contributed by atoms with E-state index in [1.54, 1.807) is 13.0 Å². The van der Waals surface area contributed by atoms with Gasteiger partial charge in [-0.2, -0.15) is 13.2 Å². The molecule has 0 spiro atoms. The predicted molar refractivity (Wildman–Crippen MR) is 62.2 cm³/mol. The third kappa shape index (κ3) is 4.19. The van der Waals surface area contributed by atoms with E-state index in [1.807, 2.05) is 0 Å². The number of rotatable bonds is 4. The number of carbonyl (C=O) groups is 1. The van der Waals surface area contributed by atoms with Gasteiger partial charge in [0.1, 0.15) is 6.04 Å². The van der Waals surface area contributed by atoms with Crippen molar-refractivity contribution in [2.45, 2.75) is 19.1 Å². The van der Waals surface area contributed by atoms with Crippen LogP contribution in [0.15, 0.2) is 18.2 Å². The Balaban J connectivity index is 2.95. The largest absolute Gasteiger partial charge is 0.401 e. The molecular weight excluding hydrogens is 269 g/mol. The first-order valence-corrected chi connectivity index (χ1v) is 5.44. The first-order valence-electron chi connectivity index (χ1n) is 5.06. The zero-order valence-corrected chi connectivity index (χ0v) is 10.3. The average Bonchev–Trinajstić information content (AvgIpc) is 2.18. The highest BCUT2D eigenvalue weighted by Crippen LogP contribution is 2.22. The topological polar surface area (TPSA) is 55.1 Å². The number of hydrogen-bond acceptors (Lipinski definition) is 2. The molecule has 0 aromatic heterocycles. The highest BCUT2D eigenvalue weighted by molar-refractivity contribution is 6.30. The number of carbonyl (C=O) groups excluding carboxylic acids is 1. The van der Waals surface area contributed by atoms with Crippen molar-refractivity contribution in [3.63, 3.8) is 0 Å². The van der Waals surface area contributed by atoms with Crippen LogP contribution in [0.5, 0.6) is 0 Å². The lowest BCUT2D eigenvalue weighted by Crippen LogP contribution is -2.39. The van der Waals surface area contributed by atoms with Gasteiger partial charge in [0.05, 0.1) is 6.54 Å². The van der Waals surface area contributed by atoms with Crippen LogP contribution in [0.3, 0.4) is 0 Å². The van der Waals surface area contributed by atoms with E-state index in [0.717, 1.165) is 0 Å². The fraction of sp³-hybridized carbons (Fsp3) is 0.364. The quantitative estimate of drug-likeness (QED) is 0.889. The number of alkyl halides is 3. The molecule has 1 rings (SSSR count). The summed E-state index contributed by atoms with van der Waals surface area (Å²) in [5.41, 5.74) is 6.09. The Kier molecular flexibility index (Phi) is 4.59. The van der Waals surface area contributed by atoms with Crippen LogP contribution in [-0.4, -0.2) is 18.6 Å². The number of primary amides is 1. The zero-order chi connectivity index (χ0) is 13.9. The molecule has 0 radical (unpaired) electrons. The molecule has 0 bridgehead atoms. The third-order valence-corrected chi connectivity index (χ3v) is 2.57. The number of nitrogens with one attached hydrogen (secondary N) is 1. The lowest BCUT2D eigenvalue weighted by Gasteiger charge is -2.19. The summed E-state index contributed by atoms with van der Waals surface area (Å²) in [7, 11) is 0. The van der Waals surface area contributed by atoms with Crippen molar-refractivity contribution in [2.24, 2.45) is 5.73 Å². The minimum Gasteiger partial charge on any atom is -0.368 e. The summed E-state index contributed by atoms with van der Waals surface area (Å²) < 4.78 is 36.4. The van der Waals surface area contributed by atoms with Crippen LogP contribution in [-0.2, 0) is 4.79 Å². The number of halogens is 4. The molecule has 3 nitrogen and oxygen atoms in total. The lowest BCUT2D eigenvalue weighted by molar-refractivity contribution is -0.130. The molecule has 7 heteroatoms. The van der Waals surface area contributed by atoms with Crippen molar-refractivity contribution >= 4 is 17.5 Å². The second kappa shape index (κ2) is 5.58. The van der Waals surface area contributed by atoms with E-state index in [-0.39, 0.29) is 0 Å². The lowest BCUT2D eigenvalue weighted by atomic mass is 10.0. The summed E-state index contributed by atoms with van der Waals surface area (Å²) >= 11 is 5.73. The molecule has 0 aliphatic carbocycles. The number of hydrogen-bond donors (Lipinski definition) is 2. The van der Waals surface area contributed by atoms with Gasteiger partial charge < -0.3 is 5.73 Å². The molecule has 3 N–H and O–H groups in total. The standard InChI is InChI=1S/C11H12ClF3N2O/c1-6-4-7(12)2-3-8(6)9(10(16)18)17-5-11(13,14)15/h2-4,9,17H,5H2,1H3,(H2,16,18). The van der Waals surface area contributed by atoms with Crippen LogP contribution in [0.4, 0.5) is 13.2 Å². The van der Waals surface area contributed by atoms with E-state index >= 15 is 0 Å². The fourth-order valence-corrected chi connectivity index (χ4v) is 1.77. The highest BCUT2D eigenvalue weighted by atomic mass is 35.5. The minimum absolute atomic E-state index is 0.385. The van der Waals surface area contributed by atoms with E-state index in [0.29, 0.717) is 16.1 Å². The second-order valence-electron chi connectivity index (χ2n) is 3.83. The van der Waals surface area contributed by atoms with Gasteiger partial charge in [-0.25, -0.2) is 0 Å². The zero-order valence-electron chi connectivity index (χ0n) is 9.51. The molecule has 1 unspecified atom stereocenters. The first kappa shape index (κ1) is 14.8. The molecule has 0 fully saturated rings. The third-order valence-electron chi connectivity index (χ3n) is 2.33. The highest BCUT2D eigenvalue weighted by Gasteiger charge is 2.30. The average molecular weight is 281 g/mol. The Hall–Kier alpha value is -1.27. The number of benzene rings is 1. The van der Waals surface area contributed by atoms with Crippen LogP contribution in [0.25, 0.3) is 0 Å². The second-order valence-corrected chi connectivity index (χ2v) is 4.27. The number of nitrogens with two attached hydrogens (primary N) is 1. The summed E-state index contributed by atoms with van der Waals surface area (Å²) in [6.07, 6.45) is -4.41. The monoisotopic (exact) mass is 280 g/mol. The van der Waals surface area contributed by atoms with Gasteiger partial charge in [0.25, 0.3) is 0 Å². The van der Waals surface area contributed by atoms with Gasteiger partial charge in [-0.15, -0.1) is 0 Å². The van der Waals surface area contributed by atoms with Crippen LogP contribution in [0.1, 0.15) is 17.2 Å². The molecule has 1 aromatic rings. The SMILES string of the molecule is Cc1cc(Cl)ccc1C(NCC(F)(F)F)C(N)=O. The maximum Gasteiger partial charge on any atom is 0.401 e. The maximum atomic E-state index is 12.1. The fourth-order valence-electron chi connectivity index (χ4n) is 1.54. The molecule has 0 saturated carbocycles. The van der Waals surface area contributed by atoms with E-state index < -0.39 is 24.7 Å². The Bertz CT molecular complexity index is 448. The molecule has 1 amide bonds. The van der Waals surface area contributed by atoms with Crippen LogP contribution >= 0.6 is 11.6 Å². The van der Waals surface area contributed by atoms with Crippen molar-refractivity contribution < 1.29 is 18.0 Å².